The quantitative estimate of drug-likeness (QED) is 0.253. The molecule has 0 aliphatic carbocycles. The SMILES string of the molecule is Cn1nnc(-c2cc(C(=O)NCCOCCOCCOCCNC(=O)OC(C)(C)C)ccc2N)n1. The number of aryl methyl sites for hydroxylation is 1. The maximum Gasteiger partial charge on any atom is 0.407 e. The second-order valence-corrected chi connectivity index (χ2v) is 8.43. The summed E-state index contributed by atoms with van der Waals surface area (Å²) in [6.45, 7) is 8.42. The summed E-state index contributed by atoms with van der Waals surface area (Å²) in [7, 11) is 1.65. The number of tetrazole rings is 1. The second-order valence-electron chi connectivity index (χ2n) is 8.43. The number of amides is 2. The van der Waals surface area contributed by atoms with Crippen molar-refractivity contribution in [1.29, 1.82) is 0 Å². The fraction of sp³-hybridized carbons (Fsp3) is 0.591. The van der Waals surface area contributed by atoms with Crippen LogP contribution in [-0.2, 0) is 26.0 Å². The molecule has 2 aromatic rings. The van der Waals surface area contributed by atoms with Gasteiger partial charge in [0.15, 0.2) is 0 Å². The van der Waals surface area contributed by atoms with Gasteiger partial charge in [0.25, 0.3) is 5.91 Å². The molecular formula is C22H35N7O6. The molecule has 0 atom stereocenters. The average Bonchev–Trinajstić information content (AvgIpc) is 3.21. The van der Waals surface area contributed by atoms with Crippen LogP contribution in [0.5, 0.6) is 0 Å². The van der Waals surface area contributed by atoms with E-state index in [4.69, 9.17) is 24.7 Å². The normalized spacial score (nSPS) is 11.3. The largest absolute Gasteiger partial charge is 0.444 e. The van der Waals surface area contributed by atoms with Gasteiger partial charge in [-0.2, -0.15) is 4.80 Å². The lowest BCUT2D eigenvalue weighted by atomic mass is 10.1. The van der Waals surface area contributed by atoms with Crippen LogP contribution >= 0.6 is 0 Å². The van der Waals surface area contributed by atoms with E-state index in [0.29, 0.717) is 75.4 Å². The van der Waals surface area contributed by atoms with E-state index in [1.807, 2.05) is 0 Å². The zero-order valence-electron chi connectivity index (χ0n) is 20.7. The van der Waals surface area contributed by atoms with Crippen molar-refractivity contribution in [3.05, 3.63) is 23.8 Å². The van der Waals surface area contributed by atoms with Crippen molar-refractivity contribution in [2.75, 3.05) is 58.5 Å². The molecule has 0 spiro atoms. The minimum absolute atomic E-state index is 0.256. The summed E-state index contributed by atoms with van der Waals surface area (Å²) < 4.78 is 21.4. The molecule has 1 heterocycles. The Hall–Kier alpha value is -3.29. The van der Waals surface area contributed by atoms with E-state index in [1.165, 1.54) is 4.80 Å². The van der Waals surface area contributed by atoms with Gasteiger partial charge < -0.3 is 35.3 Å². The molecule has 0 fully saturated rings. The number of rotatable bonds is 14. The third-order valence-electron chi connectivity index (χ3n) is 4.26. The molecule has 4 N–H and O–H groups in total. The lowest BCUT2D eigenvalue weighted by molar-refractivity contribution is 0.0145. The molecule has 0 saturated heterocycles. The minimum Gasteiger partial charge on any atom is -0.444 e. The zero-order chi connectivity index (χ0) is 25.7. The van der Waals surface area contributed by atoms with Gasteiger partial charge in [0.05, 0.1) is 46.7 Å². The Morgan fingerprint density at radius 2 is 1.57 bits per heavy atom. The van der Waals surface area contributed by atoms with Crippen molar-refractivity contribution in [3.63, 3.8) is 0 Å². The fourth-order valence-electron chi connectivity index (χ4n) is 2.70. The van der Waals surface area contributed by atoms with Crippen LogP contribution in [0.2, 0.25) is 0 Å². The highest BCUT2D eigenvalue weighted by Crippen LogP contribution is 2.23. The molecule has 1 aromatic heterocycles. The number of nitrogen functional groups attached to an aromatic ring is 1. The molecule has 13 nitrogen and oxygen atoms in total. The molecule has 194 valence electrons. The standard InChI is InChI=1S/C22H35N7O6/c1-22(2,3)35-21(31)25-8-10-33-12-14-34-13-11-32-9-7-24-20(30)16-5-6-18(23)17(15-16)19-26-28-29(4)27-19/h5-6,15H,7-14,23H2,1-4H3,(H,24,30)(H,25,31). The summed E-state index contributed by atoms with van der Waals surface area (Å²) in [5.41, 5.74) is 6.89. The number of nitrogens with zero attached hydrogens (tertiary/aromatic N) is 4. The third-order valence-corrected chi connectivity index (χ3v) is 4.26. The predicted octanol–water partition coefficient (Wildman–Crippen LogP) is 0.764. The Balaban J connectivity index is 1.48. The lowest BCUT2D eigenvalue weighted by Gasteiger charge is -2.19. The molecule has 0 aliphatic heterocycles. The molecular weight excluding hydrogens is 458 g/mol. The number of benzene rings is 1. The number of nitrogens with two attached hydrogens (primary N) is 1. The Bertz CT molecular complexity index is 945. The summed E-state index contributed by atoms with van der Waals surface area (Å²) >= 11 is 0. The minimum atomic E-state index is -0.524. The number of carbonyl (C=O) groups excluding carboxylic acids is 2. The van der Waals surface area contributed by atoms with Crippen LogP contribution in [0.1, 0.15) is 31.1 Å². The van der Waals surface area contributed by atoms with E-state index >= 15 is 0 Å². The highest BCUT2D eigenvalue weighted by molar-refractivity contribution is 5.96. The van der Waals surface area contributed by atoms with E-state index < -0.39 is 11.7 Å². The van der Waals surface area contributed by atoms with Crippen LogP contribution in [0.3, 0.4) is 0 Å². The maximum absolute atomic E-state index is 12.4. The van der Waals surface area contributed by atoms with E-state index in [9.17, 15) is 9.59 Å². The summed E-state index contributed by atoms with van der Waals surface area (Å²) in [6, 6.07) is 4.90. The van der Waals surface area contributed by atoms with E-state index in [0.717, 1.165) is 0 Å². The molecule has 2 amide bonds. The van der Waals surface area contributed by atoms with Crippen molar-refractivity contribution in [3.8, 4) is 11.4 Å². The number of hydrogen-bond donors (Lipinski definition) is 3. The summed E-state index contributed by atoms with van der Waals surface area (Å²) in [4.78, 5) is 25.2. The second kappa shape index (κ2) is 14.2. The van der Waals surface area contributed by atoms with Crippen molar-refractivity contribution < 1.29 is 28.5 Å². The van der Waals surface area contributed by atoms with Gasteiger partial charge in [-0.05, 0) is 44.2 Å². The van der Waals surface area contributed by atoms with Crippen LogP contribution in [0.25, 0.3) is 11.4 Å². The van der Waals surface area contributed by atoms with Gasteiger partial charge in [0.2, 0.25) is 5.82 Å². The van der Waals surface area contributed by atoms with Gasteiger partial charge in [0.1, 0.15) is 5.60 Å². The summed E-state index contributed by atoms with van der Waals surface area (Å²) in [6.07, 6.45) is -0.469. The molecule has 1 aromatic carbocycles. The van der Waals surface area contributed by atoms with E-state index in [-0.39, 0.29) is 5.91 Å². The Morgan fingerprint density at radius 1 is 0.971 bits per heavy atom. The Kier molecular flexibility index (Phi) is 11.3. The first-order valence-electron chi connectivity index (χ1n) is 11.3. The van der Waals surface area contributed by atoms with Gasteiger partial charge in [-0.3, -0.25) is 4.79 Å². The zero-order valence-corrected chi connectivity index (χ0v) is 20.7. The molecule has 0 radical (unpaired) electrons. The number of hydrogen-bond acceptors (Lipinski definition) is 10. The van der Waals surface area contributed by atoms with Gasteiger partial charge in [-0.25, -0.2) is 4.79 Å². The van der Waals surface area contributed by atoms with Crippen molar-refractivity contribution in [1.82, 2.24) is 30.8 Å². The summed E-state index contributed by atoms with van der Waals surface area (Å²) in [5, 5.41) is 17.2. The monoisotopic (exact) mass is 493 g/mol. The molecule has 2 rings (SSSR count). The molecule has 0 bridgehead atoms. The van der Waals surface area contributed by atoms with Crippen LogP contribution in [0.15, 0.2) is 18.2 Å². The van der Waals surface area contributed by atoms with Crippen molar-refractivity contribution in [2.45, 2.75) is 26.4 Å². The number of carbonyl (C=O) groups is 2. The van der Waals surface area contributed by atoms with Gasteiger partial charge in [-0.15, -0.1) is 10.2 Å². The highest BCUT2D eigenvalue weighted by atomic mass is 16.6. The number of alkyl carbamates (subject to hydrolysis) is 1. The van der Waals surface area contributed by atoms with Crippen LogP contribution in [0, 0.1) is 0 Å². The average molecular weight is 494 g/mol. The van der Waals surface area contributed by atoms with E-state index in [1.54, 1.807) is 46.0 Å². The lowest BCUT2D eigenvalue weighted by Crippen LogP contribution is -2.34. The first-order valence-corrected chi connectivity index (χ1v) is 11.3. The highest BCUT2D eigenvalue weighted by Gasteiger charge is 2.15. The van der Waals surface area contributed by atoms with Crippen molar-refractivity contribution >= 4 is 17.7 Å². The topological polar surface area (TPSA) is 165 Å². The third kappa shape index (κ3) is 11.1. The molecule has 0 unspecified atom stereocenters. The van der Waals surface area contributed by atoms with Crippen LogP contribution in [-0.4, -0.2) is 90.5 Å². The van der Waals surface area contributed by atoms with Gasteiger partial charge >= 0.3 is 6.09 Å². The number of aromatic nitrogens is 4. The molecule has 35 heavy (non-hydrogen) atoms. The molecule has 0 aliphatic rings. The molecule has 0 saturated carbocycles. The molecule has 13 heteroatoms. The smallest absolute Gasteiger partial charge is 0.407 e. The Labute approximate surface area is 204 Å². The number of anilines is 1. The van der Waals surface area contributed by atoms with Gasteiger partial charge in [0, 0.05) is 29.9 Å². The fourth-order valence-corrected chi connectivity index (χ4v) is 2.70. The first-order chi connectivity index (χ1) is 16.7. The van der Waals surface area contributed by atoms with E-state index in [2.05, 4.69) is 26.0 Å². The van der Waals surface area contributed by atoms with Crippen LogP contribution in [0.4, 0.5) is 10.5 Å². The predicted molar refractivity (Wildman–Crippen MR) is 128 cm³/mol. The number of ether oxygens (including phenoxy) is 4. The van der Waals surface area contributed by atoms with Crippen LogP contribution < -0.4 is 16.4 Å². The number of nitrogens with one attached hydrogen (secondary N) is 2. The Morgan fingerprint density at radius 3 is 2.14 bits per heavy atom. The van der Waals surface area contributed by atoms with Crippen molar-refractivity contribution in [2.24, 2.45) is 7.05 Å². The summed E-state index contributed by atoms with van der Waals surface area (Å²) in [5.74, 6) is 0.0964. The van der Waals surface area contributed by atoms with Gasteiger partial charge in [-0.1, -0.05) is 0 Å². The first kappa shape index (κ1) is 28.0. The maximum atomic E-state index is 12.4.